The van der Waals surface area contributed by atoms with Crippen LogP contribution in [0.15, 0.2) is 47.2 Å². The number of aromatic nitrogens is 1. The smallest absolute Gasteiger partial charge is 0.258 e. The van der Waals surface area contributed by atoms with Gasteiger partial charge in [0.2, 0.25) is 0 Å². The zero-order valence-electron chi connectivity index (χ0n) is 12.8. The van der Waals surface area contributed by atoms with E-state index in [4.69, 9.17) is 0 Å². The van der Waals surface area contributed by atoms with Crippen molar-refractivity contribution in [3.63, 3.8) is 0 Å². The highest BCUT2D eigenvalue weighted by atomic mass is 79.9. The van der Waals surface area contributed by atoms with Crippen LogP contribution in [0.3, 0.4) is 0 Å². The predicted octanol–water partition coefficient (Wildman–Crippen LogP) is 5.00. The van der Waals surface area contributed by atoms with Gasteiger partial charge in [0.15, 0.2) is 0 Å². The van der Waals surface area contributed by atoms with Crippen molar-refractivity contribution in [3.05, 3.63) is 58.3 Å². The fourth-order valence-corrected chi connectivity index (χ4v) is 4.07. The minimum absolute atomic E-state index is 0.113. The van der Waals surface area contributed by atoms with Crippen LogP contribution in [0.5, 0.6) is 0 Å². The Kier molecular flexibility index (Phi) is 3.93. The number of nitrogens with zero attached hydrogens (tertiary/aromatic N) is 1. The van der Waals surface area contributed by atoms with E-state index in [1.165, 1.54) is 31.2 Å². The minimum atomic E-state index is -0.113. The second kappa shape index (κ2) is 6.08. The lowest BCUT2D eigenvalue weighted by Crippen LogP contribution is -2.16. The zero-order chi connectivity index (χ0) is 15.8. The summed E-state index contributed by atoms with van der Waals surface area (Å²) in [4.78, 5) is 16.7. The Balaban J connectivity index is 1.53. The number of pyridine rings is 1. The quantitative estimate of drug-likeness (QED) is 0.769. The average molecular weight is 371 g/mol. The van der Waals surface area contributed by atoms with E-state index in [1.807, 2.05) is 12.1 Å². The van der Waals surface area contributed by atoms with Gasteiger partial charge in [0, 0.05) is 11.9 Å². The summed E-state index contributed by atoms with van der Waals surface area (Å²) in [5.74, 6) is 2.25. The molecule has 2 aliphatic carbocycles. The maximum atomic E-state index is 12.5. The van der Waals surface area contributed by atoms with Crippen molar-refractivity contribution < 1.29 is 4.79 Å². The van der Waals surface area contributed by atoms with Gasteiger partial charge in [-0.1, -0.05) is 37.5 Å². The molecular weight excluding hydrogens is 352 g/mol. The van der Waals surface area contributed by atoms with Gasteiger partial charge >= 0.3 is 0 Å². The molecular formula is C19H19BrN2O. The van der Waals surface area contributed by atoms with Crippen molar-refractivity contribution in [1.29, 1.82) is 0 Å². The summed E-state index contributed by atoms with van der Waals surface area (Å²) >= 11 is 3.34. The Labute approximate surface area is 144 Å². The first kappa shape index (κ1) is 14.9. The molecule has 2 saturated carbocycles. The van der Waals surface area contributed by atoms with Crippen LogP contribution in [-0.2, 0) is 0 Å². The minimum Gasteiger partial charge on any atom is -0.322 e. The van der Waals surface area contributed by atoms with Gasteiger partial charge in [-0.15, -0.1) is 0 Å². The standard InChI is InChI=1S/C19H19BrN2O/c20-18-14(8-4-10-21-18)19(23)22-17-9-2-1-7-13(17)16-11-15(16)12-5-3-6-12/h1-2,4,7-10,12,15-16H,3,5-6,11H2,(H,22,23). The van der Waals surface area contributed by atoms with E-state index in [0.29, 0.717) is 16.1 Å². The van der Waals surface area contributed by atoms with Crippen molar-refractivity contribution in [2.24, 2.45) is 11.8 Å². The number of benzene rings is 1. The van der Waals surface area contributed by atoms with E-state index >= 15 is 0 Å². The number of halogens is 1. The van der Waals surface area contributed by atoms with E-state index in [9.17, 15) is 4.79 Å². The first-order chi connectivity index (χ1) is 11.2. The maximum absolute atomic E-state index is 12.5. The van der Waals surface area contributed by atoms with Crippen LogP contribution in [-0.4, -0.2) is 10.9 Å². The molecule has 1 N–H and O–H groups in total. The Morgan fingerprint density at radius 1 is 1.17 bits per heavy atom. The van der Waals surface area contributed by atoms with Gasteiger partial charge in [-0.05, 0) is 63.9 Å². The van der Waals surface area contributed by atoms with E-state index in [0.717, 1.165) is 17.5 Å². The highest BCUT2D eigenvalue weighted by molar-refractivity contribution is 9.10. The van der Waals surface area contributed by atoms with Gasteiger partial charge in [0.1, 0.15) is 4.60 Å². The van der Waals surface area contributed by atoms with Crippen LogP contribution in [0, 0.1) is 11.8 Å². The molecule has 118 valence electrons. The molecule has 3 nitrogen and oxygen atoms in total. The summed E-state index contributed by atoms with van der Waals surface area (Å²) in [6, 6.07) is 11.8. The second-order valence-electron chi connectivity index (χ2n) is 6.58. The summed E-state index contributed by atoms with van der Waals surface area (Å²) in [6.45, 7) is 0. The van der Waals surface area contributed by atoms with Crippen molar-refractivity contribution in [2.75, 3.05) is 5.32 Å². The van der Waals surface area contributed by atoms with Crippen LogP contribution in [0.4, 0.5) is 5.69 Å². The number of carbonyl (C=O) groups excluding carboxylic acids is 1. The molecule has 1 aromatic heterocycles. The lowest BCUT2D eigenvalue weighted by molar-refractivity contribution is 0.102. The van der Waals surface area contributed by atoms with Crippen LogP contribution >= 0.6 is 15.9 Å². The molecule has 0 spiro atoms. The molecule has 2 atom stereocenters. The zero-order valence-corrected chi connectivity index (χ0v) is 14.4. The lowest BCUT2D eigenvalue weighted by atomic mass is 9.80. The molecule has 2 fully saturated rings. The van der Waals surface area contributed by atoms with E-state index in [-0.39, 0.29) is 5.91 Å². The number of carbonyl (C=O) groups is 1. The first-order valence-electron chi connectivity index (χ1n) is 8.25. The van der Waals surface area contributed by atoms with Gasteiger partial charge in [-0.25, -0.2) is 4.98 Å². The topological polar surface area (TPSA) is 42.0 Å². The Morgan fingerprint density at radius 3 is 2.74 bits per heavy atom. The number of anilines is 1. The third-order valence-corrected chi connectivity index (χ3v) is 5.84. The van der Waals surface area contributed by atoms with Gasteiger partial charge < -0.3 is 5.32 Å². The molecule has 4 heteroatoms. The van der Waals surface area contributed by atoms with Crippen LogP contribution in [0.1, 0.15) is 47.5 Å². The van der Waals surface area contributed by atoms with Gasteiger partial charge in [0.25, 0.3) is 5.91 Å². The monoisotopic (exact) mass is 370 g/mol. The first-order valence-corrected chi connectivity index (χ1v) is 9.04. The number of hydrogen-bond acceptors (Lipinski definition) is 2. The number of amides is 1. The highest BCUT2D eigenvalue weighted by Gasteiger charge is 2.46. The van der Waals surface area contributed by atoms with Crippen molar-refractivity contribution in [3.8, 4) is 0 Å². The van der Waals surface area contributed by atoms with Crippen molar-refractivity contribution >= 4 is 27.5 Å². The summed E-state index contributed by atoms with van der Waals surface area (Å²) < 4.78 is 0.578. The molecule has 1 amide bonds. The van der Waals surface area contributed by atoms with Gasteiger partial charge in [0.05, 0.1) is 5.56 Å². The third kappa shape index (κ3) is 2.92. The normalized spacial score (nSPS) is 23.2. The number of nitrogens with one attached hydrogen (secondary N) is 1. The van der Waals surface area contributed by atoms with Crippen LogP contribution in [0.2, 0.25) is 0 Å². The number of para-hydroxylation sites is 1. The van der Waals surface area contributed by atoms with Crippen LogP contribution < -0.4 is 5.32 Å². The molecule has 2 aromatic rings. The summed E-state index contributed by atoms with van der Waals surface area (Å²) in [5.41, 5.74) is 2.80. The highest BCUT2D eigenvalue weighted by Crippen LogP contribution is 2.58. The number of rotatable bonds is 4. The molecule has 23 heavy (non-hydrogen) atoms. The Morgan fingerprint density at radius 2 is 2.00 bits per heavy atom. The van der Waals surface area contributed by atoms with E-state index in [2.05, 4.69) is 38.4 Å². The van der Waals surface area contributed by atoms with Crippen molar-refractivity contribution in [1.82, 2.24) is 4.98 Å². The lowest BCUT2D eigenvalue weighted by Gasteiger charge is -2.26. The van der Waals surface area contributed by atoms with Gasteiger partial charge in [-0.3, -0.25) is 4.79 Å². The van der Waals surface area contributed by atoms with E-state index in [1.54, 1.807) is 18.3 Å². The molecule has 2 aliphatic rings. The summed E-state index contributed by atoms with van der Waals surface area (Å²) in [5, 5.41) is 3.08. The molecule has 0 radical (unpaired) electrons. The fraction of sp³-hybridized carbons (Fsp3) is 0.368. The van der Waals surface area contributed by atoms with E-state index < -0.39 is 0 Å². The van der Waals surface area contributed by atoms with Crippen LogP contribution in [0.25, 0.3) is 0 Å². The Bertz CT molecular complexity index is 742. The summed E-state index contributed by atoms with van der Waals surface area (Å²) in [6.07, 6.45) is 7.11. The predicted molar refractivity (Wildman–Crippen MR) is 94.5 cm³/mol. The van der Waals surface area contributed by atoms with Gasteiger partial charge in [-0.2, -0.15) is 0 Å². The summed E-state index contributed by atoms with van der Waals surface area (Å²) in [7, 11) is 0. The Hall–Kier alpha value is -1.68. The average Bonchev–Trinajstić information content (AvgIpc) is 3.26. The largest absolute Gasteiger partial charge is 0.322 e. The molecule has 0 saturated heterocycles. The third-order valence-electron chi connectivity index (χ3n) is 5.21. The second-order valence-corrected chi connectivity index (χ2v) is 7.33. The maximum Gasteiger partial charge on any atom is 0.258 e. The SMILES string of the molecule is O=C(Nc1ccccc1C1CC1C1CCC1)c1cccnc1Br. The number of hydrogen-bond donors (Lipinski definition) is 1. The molecule has 1 heterocycles. The molecule has 0 bridgehead atoms. The van der Waals surface area contributed by atoms with Crippen molar-refractivity contribution in [2.45, 2.75) is 31.6 Å². The molecule has 4 rings (SSSR count). The molecule has 0 aliphatic heterocycles. The molecule has 2 unspecified atom stereocenters. The fourth-order valence-electron chi connectivity index (χ4n) is 3.64. The molecule has 1 aromatic carbocycles.